The van der Waals surface area contributed by atoms with Gasteiger partial charge in [0.15, 0.2) is 0 Å². The zero-order valence-corrected chi connectivity index (χ0v) is 13.9. The molecule has 0 aliphatic rings. The van der Waals surface area contributed by atoms with Crippen molar-refractivity contribution in [2.75, 3.05) is 26.8 Å². The van der Waals surface area contributed by atoms with Gasteiger partial charge in [0.1, 0.15) is 0 Å². The number of aromatic nitrogens is 1. The molecule has 0 saturated carbocycles. The summed E-state index contributed by atoms with van der Waals surface area (Å²) in [6, 6.07) is 8.74. The van der Waals surface area contributed by atoms with Gasteiger partial charge in [0.2, 0.25) is 0 Å². The molecule has 114 valence electrons. The molecule has 0 amide bonds. The molecule has 0 aliphatic carbocycles. The first kappa shape index (κ1) is 16.1. The van der Waals surface area contributed by atoms with Gasteiger partial charge in [-0.2, -0.15) is 0 Å². The van der Waals surface area contributed by atoms with Crippen LogP contribution in [-0.2, 0) is 11.2 Å². The number of rotatable bonds is 8. The average Bonchev–Trinajstić information content (AvgIpc) is 2.96. The first-order valence-corrected chi connectivity index (χ1v) is 8.33. The lowest BCUT2D eigenvalue weighted by atomic mass is 10.0. The summed E-state index contributed by atoms with van der Waals surface area (Å²) in [6.07, 6.45) is 0.971. The quantitative estimate of drug-likeness (QED) is 0.755. The van der Waals surface area contributed by atoms with Crippen molar-refractivity contribution < 1.29 is 4.74 Å². The van der Waals surface area contributed by atoms with Crippen molar-refractivity contribution in [3.63, 3.8) is 0 Å². The Morgan fingerprint density at radius 1 is 1.19 bits per heavy atom. The van der Waals surface area contributed by atoms with Crippen molar-refractivity contribution in [2.24, 2.45) is 0 Å². The van der Waals surface area contributed by atoms with Gasteiger partial charge in [-0.15, -0.1) is 11.3 Å². The van der Waals surface area contributed by atoms with E-state index in [9.17, 15) is 0 Å². The van der Waals surface area contributed by atoms with Crippen LogP contribution >= 0.6 is 11.3 Å². The summed E-state index contributed by atoms with van der Waals surface area (Å²) in [5, 5.41) is 6.68. The molecule has 0 atom stereocenters. The van der Waals surface area contributed by atoms with Crippen LogP contribution in [0.15, 0.2) is 29.6 Å². The molecule has 3 nitrogen and oxygen atoms in total. The van der Waals surface area contributed by atoms with Gasteiger partial charge in [-0.25, -0.2) is 4.98 Å². The molecule has 1 N–H and O–H groups in total. The third kappa shape index (κ3) is 4.92. The highest BCUT2D eigenvalue weighted by Crippen LogP contribution is 2.24. The first-order chi connectivity index (χ1) is 10.2. The van der Waals surface area contributed by atoms with E-state index in [1.54, 1.807) is 18.4 Å². The summed E-state index contributed by atoms with van der Waals surface area (Å²) in [7, 11) is 1.72. The zero-order chi connectivity index (χ0) is 15.1. The minimum atomic E-state index is 0.572. The van der Waals surface area contributed by atoms with Gasteiger partial charge in [0.25, 0.3) is 0 Å². The second-order valence-electron chi connectivity index (χ2n) is 5.40. The lowest BCUT2D eigenvalue weighted by Crippen LogP contribution is -2.21. The van der Waals surface area contributed by atoms with Crippen molar-refractivity contribution in [1.82, 2.24) is 10.3 Å². The van der Waals surface area contributed by atoms with E-state index in [1.807, 2.05) is 0 Å². The van der Waals surface area contributed by atoms with E-state index in [0.29, 0.717) is 5.92 Å². The minimum absolute atomic E-state index is 0.572. The number of hydrogen-bond donors (Lipinski definition) is 1. The zero-order valence-electron chi connectivity index (χ0n) is 13.1. The number of hydrogen-bond acceptors (Lipinski definition) is 4. The van der Waals surface area contributed by atoms with E-state index in [4.69, 9.17) is 9.72 Å². The van der Waals surface area contributed by atoms with Crippen LogP contribution in [-0.4, -0.2) is 31.8 Å². The topological polar surface area (TPSA) is 34.1 Å². The third-order valence-electron chi connectivity index (χ3n) is 3.42. The van der Waals surface area contributed by atoms with Gasteiger partial charge < -0.3 is 10.1 Å². The lowest BCUT2D eigenvalue weighted by molar-refractivity contribution is 0.199. The van der Waals surface area contributed by atoms with E-state index in [-0.39, 0.29) is 0 Å². The van der Waals surface area contributed by atoms with Crippen LogP contribution in [0.2, 0.25) is 0 Å². The molecule has 0 radical (unpaired) electrons. The molecule has 0 aliphatic heterocycles. The van der Waals surface area contributed by atoms with E-state index < -0.39 is 0 Å². The molecule has 21 heavy (non-hydrogen) atoms. The maximum atomic E-state index is 5.01. The van der Waals surface area contributed by atoms with Gasteiger partial charge >= 0.3 is 0 Å². The molecular weight excluding hydrogens is 280 g/mol. The molecule has 0 saturated heterocycles. The van der Waals surface area contributed by atoms with Gasteiger partial charge in [-0.3, -0.25) is 0 Å². The van der Waals surface area contributed by atoms with Gasteiger partial charge in [0, 0.05) is 37.6 Å². The van der Waals surface area contributed by atoms with Crippen molar-refractivity contribution in [3.8, 4) is 11.3 Å². The van der Waals surface area contributed by atoms with Crippen LogP contribution in [0.4, 0.5) is 0 Å². The Balaban J connectivity index is 1.90. The summed E-state index contributed by atoms with van der Waals surface area (Å²) >= 11 is 1.74. The van der Waals surface area contributed by atoms with E-state index in [2.05, 4.69) is 48.8 Å². The average molecular weight is 304 g/mol. The number of thiazole rings is 1. The highest BCUT2D eigenvalue weighted by Gasteiger charge is 2.05. The number of benzene rings is 1. The summed E-state index contributed by atoms with van der Waals surface area (Å²) in [6.45, 7) is 7.03. The van der Waals surface area contributed by atoms with Gasteiger partial charge in [0.05, 0.1) is 17.3 Å². The van der Waals surface area contributed by atoms with Gasteiger partial charge in [-0.05, 0) is 11.5 Å². The fourth-order valence-corrected chi connectivity index (χ4v) is 2.90. The molecule has 1 heterocycles. The SMILES string of the molecule is COCCNCCc1nc(-c2ccc(C(C)C)cc2)cs1. The Morgan fingerprint density at radius 3 is 2.62 bits per heavy atom. The largest absolute Gasteiger partial charge is 0.383 e. The number of methoxy groups -OCH3 is 1. The smallest absolute Gasteiger partial charge is 0.0945 e. The van der Waals surface area contributed by atoms with Crippen LogP contribution in [0.25, 0.3) is 11.3 Å². The normalized spacial score (nSPS) is 11.2. The minimum Gasteiger partial charge on any atom is -0.383 e. The van der Waals surface area contributed by atoms with Crippen LogP contribution in [0.1, 0.15) is 30.3 Å². The molecule has 4 heteroatoms. The predicted octanol–water partition coefficient (Wildman–Crippen LogP) is 3.71. The molecule has 1 aromatic heterocycles. The van der Waals surface area contributed by atoms with Crippen LogP contribution in [0.5, 0.6) is 0 Å². The maximum absolute atomic E-state index is 5.01. The fraction of sp³-hybridized carbons (Fsp3) is 0.471. The molecule has 1 aromatic carbocycles. The molecule has 2 aromatic rings. The van der Waals surface area contributed by atoms with Crippen LogP contribution < -0.4 is 5.32 Å². The summed E-state index contributed by atoms with van der Waals surface area (Å²) in [5.41, 5.74) is 3.66. The molecule has 0 bridgehead atoms. The Bertz CT molecular complexity index is 534. The second kappa shape index (κ2) is 8.27. The fourth-order valence-electron chi connectivity index (χ4n) is 2.09. The standard InChI is InChI=1S/C17H24N2OS/c1-13(2)14-4-6-15(7-5-14)16-12-21-17(19-16)8-9-18-10-11-20-3/h4-7,12-13,18H,8-11H2,1-3H3. The third-order valence-corrected chi connectivity index (χ3v) is 4.33. The van der Waals surface area contributed by atoms with E-state index >= 15 is 0 Å². The van der Waals surface area contributed by atoms with Gasteiger partial charge in [-0.1, -0.05) is 38.1 Å². The summed E-state index contributed by atoms with van der Waals surface area (Å²) in [4.78, 5) is 4.72. The van der Waals surface area contributed by atoms with Crippen molar-refractivity contribution in [1.29, 1.82) is 0 Å². The summed E-state index contributed by atoms with van der Waals surface area (Å²) < 4.78 is 5.01. The Kier molecular flexibility index (Phi) is 6.36. The predicted molar refractivity (Wildman–Crippen MR) is 90.1 cm³/mol. The van der Waals surface area contributed by atoms with Crippen molar-refractivity contribution in [2.45, 2.75) is 26.2 Å². The highest BCUT2D eigenvalue weighted by atomic mass is 32.1. The molecule has 0 fully saturated rings. The van der Waals surface area contributed by atoms with Crippen molar-refractivity contribution >= 4 is 11.3 Å². The Hall–Kier alpha value is -1.23. The number of nitrogens with one attached hydrogen (secondary N) is 1. The summed E-state index contributed by atoms with van der Waals surface area (Å²) in [5.74, 6) is 0.572. The van der Waals surface area contributed by atoms with E-state index in [0.717, 1.165) is 31.8 Å². The number of ether oxygens (including phenoxy) is 1. The highest BCUT2D eigenvalue weighted by molar-refractivity contribution is 7.09. The molecular formula is C17H24N2OS. The Morgan fingerprint density at radius 2 is 1.95 bits per heavy atom. The maximum Gasteiger partial charge on any atom is 0.0945 e. The van der Waals surface area contributed by atoms with Crippen LogP contribution in [0.3, 0.4) is 0 Å². The van der Waals surface area contributed by atoms with Crippen molar-refractivity contribution in [3.05, 3.63) is 40.2 Å². The molecule has 0 unspecified atom stereocenters. The molecule has 0 spiro atoms. The lowest BCUT2D eigenvalue weighted by Gasteiger charge is -2.05. The Labute approximate surface area is 131 Å². The second-order valence-corrected chi connectivity index (χ2v) is 6.34. The monoisotopic (exact) mass is 304 g/mol. The van der Waals surface area contributed by atoms with Crippen LogP contribution in [0, 0.1) is 0 Å². The first-order valence-electron chi connectivity index (χ1n) is 7.45. The number of nitrogens with zero attached hydrogens (tertiary/aromatic N) is 1. The molecule has 2 rings (SSSR count). The van der Waals surface area contributed by atoms with E-state index in [1.165, 1.54) is 16.1 Å².